The fraction of sp³-hybridized carbons (Fsp3) is 0.222. The van der Waals surface area contributed by atoms with Crippen LogP contribution in [0.5, 0.6) is 11.5 Å². The molecule has 0 aliphatic heterocycles. The quantitative estimate of drug-likeness (QED) is 0.702. The third-order valence-electron chi connectivity index (χ3n) is 3.74. The maximum atomic E-state index is 14.5. The molecule has 0 aliphatic carbocycles. The van der Waals surface area contributed by atoms with Crippen LogP contribution < -0.4 is 4.74 Å². The number of nitrogens with zero attached hydrogens (tertiary/aromatic N) is 1. The molecular formula is C18H16FNO4S. The molecule has 0 bridgehead atoms. The van der Waals surface area contributed by atoms with Crippen molar-refractivity contribution in [3.8, 4) is 22.1 Å². The van der Waals surface area contributed by atoms with Crippen molar-refractivity contribution >= 4 is 28.1 Å². The van der Waals surface area contributed by atoms with E-state index in [0.29, 0.717) is 26.5 Å². The molecule has 1 heterocycles. The first kappa shape index (κ1) is 17.2. The fourth-order valence-corrected chi connectivity index (χ4v) is 3.49. The van der Waals surface area contributed by atoms with Crippen LogP contribution >= 0.6 is 11.3 Å². The minimum Gasteiger partial charge on any atom is -0.507 e. The Morgan fingerprint density at radius 3 is 2.76 bits per heavy atom. The summed E-state index contributed by atoms with van der Waals surface area (Å²) < 4.78 is 24.5. The van der Waals surface area contributed by atoms with Gasteiger partial charge in [0.1, 0.15) is 15.6 Å². The molecule has 0 atom stereocenters. The lowest BCUT2D eigenvalue weighted by Crippen LogP contribution is -2.03. The molecule has 25 heavy (non-hydrogen) atoms. The van der Waals surface area contributed by atoms with Crippen molar-refractivity contribution in [2.75, 3.05) is 13.7 Å². The number of methoxy groups -OCH3 is 1. The maximum Gasteiger partial charge on any atom is 0.350 e. The number of phenolic OH excluding ortho intramolecular Hbond substituents is 1. The number of aromatic hydroxyl groups is 1. The molecule has 0 saturated heterocycles. The SMILES string of the molecule is CCOC(=O)c1sc(-c2cc(O)c3ccc(OC)c(F)c3c2)nc1C. The molecule has 5 nitrogen and oxygen atoms in total. The van der Waals surface area contributed by atoms with Crippen molar-refractivity contribution in [3.05, 3.63) is 40.7 Å². The summed E-state index contributed by atoms with van der Waals surface area (Å²) in [6.07, 6.45) is 0. The number of ether oxygens (including phenoxy) is 2. The van der Waals surface area contributed by atoms with Gasteiger partial charge in [-0.15, -0.1) is 11.3 Å². The number of aromatic nitrogens is 1. The van der Waals surface area contributed by atoms with Crippen LogP contribution in [0, 0.1) is 12.7 Å². The van der Waals surface area contributed by atoms with Crippen LogP contribution in [-0.4, -0.2) is 29.8 Å². The van der Waals surface area contributed by atoms with Gasteiger partial charge in [-0.1, -0.05) is 0 Å². The number of carbonyl (C=O) groups is 1. The minimum atomic E-state index is -0.559. The number of hydrogen-bond acceptors (Lipinski definition) is 6. The van der Waals surface area contributed by atoms with E-state index in [0.717, 1.165) is 11.3 Å². The molecule has 7 heteroatoms. The molecule has 0 fully saturated rings. The molecule has 0 aliphatic rings. The van der Waals surface area contributed by atoms with E-state index in [4.69, 9.17) is 9.47 Å². The van der Waals surface area contributed by atoms with E-state index in [-0.39, 0.29) is 23.5 Å². The zero-order valence-electron chi connectivity index (χ0n) is 13.9. The number of benzene rings is 2. The molecule has 1 aromatic heterocycles. The number of hydrogen-bond donors (Lipinski definition) is 1. The average Bonchev–Trinajstić information content (AvgIpc) is 2.98. The van der Waals surface area contributed by atoms with Gasteiger partial charge in [0.05, 0.1) is 19.4 Å². The van der Waals surface area contributed by atoms with Crippen molar-refractivity contribution in [3.63, 3.8) is 0 Å². The van der Waals surface area contributed by atoms with Crippen molar-refractivity contribution in [1.29, 1.82) is 0 Å². The first-order valence-electron chi connectivity index (χ1n) is 7.60. The van der Waals surface area contributed by atoms with Crippen LogP contribution in [0.4, 0.5) is 4.39 Å². The van der Waals surface area contributed by atoms with Gasteiger partial charge in [0.25, 0.3) is 0 Å². The van der Waals surface area contributed by atoms with Gasteiger partial charge in [0.15, 0.2) is 11.6 Å². The van der Waals surface area contributed by atoms with Gasteiger partial charge in [-0.05, 0) is 38.1 Å². The van der Waals surface area contributed by atoms with Crippen LogP contribution in [-0.2, 0) is 4.74 Å². The van der Waals surface area contributed by atoms with E-state index >= 15 is 0 Å². The van der Waals surface area contributed by atoms with Crippen LogP contribution in [0.1, 0.15) is 22.3 Å². The van der Waals surface area contributed by atoms with Gasteiger partial charge in [-0.3, -0.25) is 0 Å². The first-order valence-corrected chi connectivity index (χ1v) is 8.42. The number of halogens is 1. The first-order chi connectivity index (χ1) is 12.0. The third kappa shape index (κ3) is 3.02. The molecule has 2 aromatic carbocycles. The van der Waals surface area contributed by atoms with E-state index in [2.05, 4.69) is 4.98 Å². The van der Waals surface area contributed by atoms with Crippen LogP contribution in [0.25, 0.3) is 21.3 Å². The summed E-state index contributed by atoms with van der Waals surface area (Å²) in [5, 5.41) is 11.3. The summed E-state index contributed by atoms with van der Waals surface area (Å²) in [6.45, 7) is 3.71. The largest absolute Gasteiger partial charge is 0.507 e. The van der Waals surface area contributed by atoms with Crippen LogP contribution in [0.2, 0.25) is 0 Å². The number of phenols is 1. The lowest BCUT2D eigenvalue weighted by molar-refractivity contribution is 0.0531. The Kier molecular flexibility index (Phi) is 4.59. The number of thiazole rings is 1. The number of fused-ring (bicyclic) bond motifs is 1. The molecule has 130 valence electrons. The molecule has 1 N–H and O–H groups in total. The van der Waals surface area contributed by atoms with Gasteiger partial charge in [0, 0.05) is 16.3 Å². The average molecular weight is 361 g/mol. The Bertz CT molecular complexity index is 967. The molecule has 0 amide bonds. The Balaban J connectivity index is 2.15. The van der Waals surface area contributed by atoms with Crippen molar-refractivity contribution in [1.82, 2.24) is 4.98 Å². The van der Waals surface area contributed by atoms with Gasteiger partial charge in [0.2, 0.25) is 0 Å². The number of carbonyl (C=O) groups excluding carboxylic acids is 1. The zero-order chi connectivity index (χ0) is 18.1. The Morgan fingerprint density at radius 2 is 2.08 bits per heavy atom. The summed E-state index contributed by atoms with van der Waals surface area (Å²) in [7, 11) is 1.38. The summed E-state index contributed by atoms with van der Waals surface area (Å²) in [5.74, 6) is -0.983. The standard InChI is InChI=1S/C18H16FNO4S/c1-4-24-18(22)16-9(2)20-17(25-16)10-7-12-11(13(21)8-10)5-6-14(23-3)15(12)19/h5-8,21H,4H2,1-3H3. The van der Waals surface area contributed by atoms with Crippen molar-refractivity contribution < 1.29 is 23.8 Å². The normalized spacial score (nSPS) is 10.9. The molecule has 3 aromatic rings. The zero-order valence-corrected chi connectivity index (χ0v) is 14.7. The molecule has 0 saturated carbocycles. The second kappa shape index (κ2) is 6.68. The van der Waals surface area contributed by atoms with Gasteiger partial charge >= 0.3 is 5.97 Å². The number of rotatable bonds is 4. The third-order valence-corrected chi connectivity index (χ3v) is 4.92. The molecule has 0 radical (unpaired) electrons. The molecule has 0 spiro atoms. The van der Waals surface area contributed by atoms with Crippen LogP contribution in [0.3, 0.4) is 0 Å². The smallest absolute Gasteiger partial charge is 0.350 e. The lowest BCUT2D eigenvalue weighted by Gasteiger charge is -2.08. The van der Waals surface area contributed by atoms with Gasteiger partial charge in [-0.25, -0.2) is 14.2 Å². The summed E-state index contributed by atoms with van der Waals surface area (Å²) >= 11 is 1.14. The van der Waals surface area contributed by atoms with E-state index in [1.807, 2.05) is 0 Å². The Morgan fingerprint density at radius 1 is 1.32 bits per heavy atom. The topological polar surface area (TPSA) is 68.7 Å². The molecular weight excluding hydrogens is 345 g/mol. The van der Waals surface area contributed by atoms with E-state index < -0.39 is 11.8 Å². The number of aryl methyl sites for hydroxylation is 1. The summed E-state index contributed by atoms with van der Waals surface area (Å²) in [5.41, 5.74) is 1.05. The monoisotopic (exact) mass is 361 g/mol. The summed E-state index contributed by atoms with van der Waals surface area (Å²) in [4.78, 5) is 16.7. The van der Waals surface area contributed by atoms with E-state index in [1.54, 1.807) is 26.0 Å². The second-order valence-corrected chi connectivity index (χ2v) is 6.33. The van der Waals surface area contributed by atoms with Crippen LogP contribution in [0.15, 0.2) is 24.3 Å². The Labute approximate surface area is 147 Å². The summed E-state index contributed by atoms with van der Waals surface area (Å²) in [6, 6.07) is 6.14. The predicted molar refractivity (Wildman–Crippen MR) is 93.9 cm³/mol. The highest BCUT2D eigenvalue weighted by Crippen LogP contribution is 2.37. The highest BCUT2D eigenvalue weighted by Gasteiger charge is 2.19. The van der Waals surface area contributed by atoms with Crippen molar-refractivity contribution in [2.45, 2.75) is 13.8 Å². The lowest BCUT2D eigenvalue weighted by atomic mass is 10.0. The van der Waals surface area contributed by atoms with Gasteiger partial charge in [-0.2, -0.15) is 0 Å². The van der Waals surface area contributed by atoms with Gasteiger partial charge < -0.3 is 14.6 Å². The fourth-order valence-electron chi connectivity index (χ4n) is 2.55. The highest BCUT2D eigenvalue weighted by molar-refractivity contribution is 7.17. The van der Waals surface area contributed by atoms with Crippen molar-refractivity contribution in [2.24, 2.45) is 0 Å². The Hall–Kier alpha value is -2.67. The minimum absolute atomic E-state index is 0.0698. The van der Waals surface area contributed by atoms with E-state index in [1.165, 1.54) is 19.2 Å². The predicted octanol–water partition coefficient (Wildman–Crippen LogP) is 4.30. The molecule has 3 rings (SSSR count). The van der Waals surface area contributed by atoms with E-state index in [9.17, 15) is 14.3 Å². The molecule has 0 unspecified atom stereocenters. The number of esters is 1. The second-order valence-electron chi connectivity index (χ2n) is 5.33. The highest BCUT2D eigenvalue weighted by atomic mass is 32.1. The maximum absolute atomic E-state index is 14.5.